The monoisotopic (exact) mass is 257 g/mol. The lowest BCUT2D eigenvalue weighted by Crippen LogP contribution is -2.11. The lowest BCUT2D eigenvalue weighted by molar-refractivity contribution is 0.867. The average molecular weight is 257 g/mol. The van der Waals surface area contributed by atoms with Crippen molar-refractivity contribution >= 4 is 17.5 Å². The summed E-state index contributed by atoms with van der Waals surface area (Å²) < 4.78 is 0. The van der Waals surface area contributed by atoms with Gasteiger partial charge in [-0.2, -0.15) is 4.98 Å². The average Bonchev–Trinajstić information content (AvgIpc) is 2.38. The quantitative estimate of drug-likeness (QED) is 0.580. The second-order valence-corrected chi connectivity index (χ2v) is 4.76. The van der Waals surface area contributed by atoms with Crippen LogP contribution in [0.5, 0.6) is 0 Å². The molecule has 0 amide bonds. The molecule has 4 N–H and O–H groups in total. The summed E-state index contributed by atoms with van der Waals surface area (Å²) in [5, 5.41) is 3.24. The van der Waals surface area contributed by atoms with E-state index >= 15 is 0 Å². The number of aryl methyl sites for hydroxylation is 1. The van der Waals surface area contributed by atoms with Gasteiger partial charge in [0.1, 0.15) is 5.82 Å². The number of anilines is 3. The highest BCUT2D eigenvalue weighted by molar-refractivity contribution is 5.58. The maximum Gasteiger partial charge on any atom is 0.239 e. The third-order valence-electron chi connectivity index (χ3n) is 2.83. The molecule has 0 aliphatic heterocycles. The predicted octanol–water partition coefficient (Wildman–Crippen LogP) is 2.94. The first-order valence-electron chi connectivity index (χ1n) is 6.28. The molecule has 0 spiro atoms. The number of nitrogens with zero attached hydrogens (tertiary/aromatic N) is 2. The Morgan fingerprint density at radius 2 is 1.79 bits per heavy atom. The van der Waals surface area contributed by atoms with Crippen molar-refractivity contribution in [3.63, 3.8) is 0 Å². The molecule has 0 aliphatic carbocycles. The van der Waals surface area contributed by atoms with Crippen LogP contribution in [0.2, 0.25) is 0 Å². The number of nitrogen functional groups attached to an aromatic ring is 1. The van der Waals surface area contributed by atoms with Crippen LogP contribution in [0.15, 0.2) is 30.3 Å². The van der Waals surface area contributed by atoms with Gasteiger partial charge in [0.25, 0.3) is 0 Å². The van der Waals surface area contributed by atoms with Gasteiger partial charge >= 0.3 is 0 Å². The van der Waals surface area contributed by atoms with Gasteiger partial charge in [0, 0.05) is 17.4 Å². The van der Waals surface area contributed by atoms with Crippen molar-refractivity contribution in [3.8, 4) is 0 Å². The predicted molar refractivity (Wildman–Crippen MR) is 78.4 cm³/mol. The van der Waals surface area contributed by atoms with E-state index in [0.717, 1.165) is 17.2 Å². The fourth-order valence-corrected chi connectivity index (χ4v) is 1.80. The smallest absolute Gasteiger partial charge is 0.239 e. The molecule has 5 nitrogen and oxygen atoms in total. The second-order valence-electron chi connectivity index (χ2n) is 4.76. The van der Waals surface area contributed by atoms with E-state index in [-0.39, 0.29) is 0 Å². The highest BCUT2D eigenvalue weighted by Gasteiger charge is 2.03. The third kappa shape index (κ3) is 3.42. The van der Waals surface area contributed by atoms with Gasteiger partial charge in [0.15, 0.2) is 0 Å². The summed E-state index contributed by atoms with van der Waals surface area (Å²) in [4.78, 5) is 8.39. The molecule has 1 aromatic heterocycles. The standard InChI is InChI=1S/C14H19N5/c1-9(2)11-4-6-12(7-5-11)17-13-8-10(3)16-14(18-13)19-15/h4-9H,15H2,1-3H3,(H2,16,17,18,19). The van der Waals surface area contributed by atoms with Gasteiger partial charge < -0.3 is 5.32 Å². The summed E-state index contributed by atoms with van der Waals surface area (Å²) in [5.41, 5.74) is 5.61. The highest BCUT2D eigenvalue weighted by atomic mass is 15.3. The van der Waals surface area contributed by atoms with Gasteiger partial charge in [0.2, 0.25) is 5.95 Å². The highest BCUT2D eigenvalue weighted by Crippen LogP contribution is 2.20. The van der Waals surface area contributed by atoms with E-state index in [2.05, 4.69) is 46.7 Å². The topological polar surface area (TPSA) is 75.9 Å². The molecule has 1 heterocycles. The number of hydrogen-bond acceptors (Lipinski definition) is 5. The lowest BCUT2D eigenvalue weighted by atomic mass is 10.0. The number of hydrogen-bond donors (Lipinski definition) is 3. The van der Waals surface area contributed by atoms with Crippen LogP contribution in [0.1, 0.15) is 31.0 Å². The molecular weight excluding hydrogens is 238 g/mol. The summed E-state index contributed by atoms with van der Waals surface area (Å²) in [7, 11) is 0. The molecule has 0 saturated heterocycles. The number of hydrazine groups is 1. The zero-order valence-corrected chi connectivity index (χ0v) is 11.4. The molecule has 0 bridgehead atoms. The number of rotatable bonds is 4. The molecule has 19 heavy (non-hydrogen) atoms. The van der Waals surface area contributed by atoms with E-state index in [4.69, 9.17) is 5.84 Å². The zero-order valence-electron chi connectivity index (χ0n) is 11.4. The van der Waals surface area contributed by atoms with Crippen molar-refractivity contribution in [3.05, 3.63) is 41.6 Å². The van der Waals surface area contributed by atoms with Crippen LogP contribution in [0.25, 0.3) is 0 Å². The number of aromatic nitrogens is 2. The van der Waals surface area contributed by atoms with Gasteiger partial charge in [-0.3, -0.25) is 5.43 Å². The van der Waals surface area contributed by atoms with Crippen molar-refractivity contribution in [2.24, 2.45) is 5.84 Å². The second kappa shape index (κ2) is 5.67. The molecule has 0 aliphatic rings. The summed E-state index contributed by atoms with van der Waals surface area (Å²) in [6.45, 7) is 6.25. The first-order chi connectivity index (χ1) is 9.08. The van der Waals surface area contributed by atoms with Crippen LogP contribution in [-0.2, 0) is 0 Å². The maximum absolute atomic E-state index is 5.33. The number of benzene rings is 1. The lowest BCUT2D eigenvalue weighted by Gasteiger charge is -2.10. The van der Waals surface area contributed by atoms with Gasteiger partial charge in [-0.1, -0.05) is 26.0 Å². The van der Waals surface area contributed by atoms with E-state index in [9.17, 15) is 0 Å². The minimum Gasteiger partial charge on any atom is -0.340 e. The van der Waals surface area contributed by atoms with Crippen LogP contribution in [-0.4, -0.2) is 9.97 Å². The van der Waals surface area contributed by atoms with Gasteiger partial charge in [-0.15, -0.1) is 0 Å². The normalized spacial score (nSPS) is 10.6. The molecule has 0 unspecified atom stereocenters. The van der Waals surface area contributed by atoms with Gasteiger partial charge in [-0.05, 0) is 30.5 Å². The van der Waals surface area contributed by atoms with E-state index in [1.807, 2.05) is 25.1 Å². The number of nitrogens with two attached hydrogens (primary N) is 1. The molecular formula is C14H19N5. The molecule has 1 aromatic carbocycles. The van der Waals surface area contributed by atoms with Gasteiger partial charge in [-0.25, -0.2) is 10.8 Å². The largest absolute Gasteiger partial charge is 0.340 e. The SMILES string of the molecule is Cc1cc(Nc2ccc(C(C)C)cc2)nc(NN)n1. The first kappa shape index (κ1) is 13.3. The zero-order chi connectivity index (χ0) is 13.8. The molecule has 100 valence electrons. The molecule has 0 fully saturated rings. The Morgan fingerprint density at radius 1 is 1.11 bits per heavy atom. The van der Waals surface area contributed by atoms with Crippen LogP contribution < -0.4 is 16.6 Å². The molecule has 0 atom stereocenters. The fourth-order valence-electron chi connectivity index (χ4n) is 1.80. The van der Waals surface area contributed by atoms with Crippen LogP contribution in [0, 0.1) is 6.92 Å². The molecule has 2 aromatic rings. The molecule has 5 heteroatoms. The van der Waals surface area contributed by atoms with E-state index in [1.165, 1.54) is 5.56 Å². The molecule has 2 rings (SSSR count). The van der Waals surface area contributed by atoms with Crippen molar-refractivity contribution in [1.82, 2.24) is 9.97 Å². The Labute approximate surface area is 113 Å². The Hall–Kier alpha value is -2.14. The summed E-state index contributed by atoms with van der Waals surface area (Å²) in [6.07, 6.45) is 0. The van der Waals surface area contributed by atoms with E-state index in [0.29, 0.717) is 11.9 Å². The fraction of sp³-hybridized carbons (Fsp3) is 0.286. The third-order valence-corrected chi connectivity index (χ3v) is 2.83. The Morgan fingerprint density at radius 3 is 2.37 bits per heavy atom. The Bertz CT molecular complexity index is 548. The van der Waals surface area contributed by atoms with Crippen molar-refractivity contribution in [2.45, 2.75) is 26.7 Å². The maximum atomic E-state index is 5.33. The van der Waals surface area contributed by atoms with Gasteiger partial charge in [0.05, 0.1) is 0 Å². The number of nitrogens with one attached hydrogen (secondary N) is 2. The Balaban J connectivity index is 2.18. The van der Waals surface area contributed by atoms with Crippen molar-refractivity contribution in [1.29, 1.82) is 0 Å². The summed E-state index contributed by atoms with van der Waals surface area (Å²) in [5.74, 6) is 6.99. The van der Waals surface area contributed by atoms with Crippen molar-refractivity contribution < 1.29 is 0 Å². The minimum absolute atomic E-state index is 0.404. The van der Waals surface area contributed by atoms with E-state index in [1.54, 1.807) is 0 Å². The minimum atomic E-state index is 0.404. The van der Waals surface area contributed by atoms with E-state index < -0.39 is 0 Å². The molecule has 0 radical (unpaired) electrons. The molecule has 0 saturated carbocycles. The first-order valence-corrected chi connectivity index (χ1v) is 6.28. The van der Waals surface area contributed by atoms with Crippen LogP contribution in [0.3, 0.4) is 0 Å². The summed E-state index contributed by atoms with van der Waals surface area (Å²) in [6, 6.07) is 10.2. The van der Waals surface area contributed by atoms with Crippen LogP contribution in [0.4, 0.5) is 17.5 Å². The van der Waals surface area contributed by atoms with Crippen molar-refractivity contribution in [2.75, 3.05) is 10.7 Å². The van der Waals surface area contributed by atoms with Crippen LogP contribution >= 0.6 is 0 Å². The Kier molecular flexibility index (Phi) is 3.97. The summed E-state index contributed by atoms with van der Waals surface area (Å²) >= 11 is 0.